The molecule has 0 radical (unpaired) electrons. The maximum absolute atomic E-state index is 11.3. The van der Waals surface area contributed by atoms with Gasteiger partial charge in [-0.25, -0.2) is 0 Å². The van der Waals surface area contributed by atoms with Crippen molar-refractivity contribution in [3.8, 4) is 0 Å². The van der Waals surface area contributed by atoms with Crippen molar-refractivity contribution in [2.45, 2.75) is 58.0 Å². The molecule has 0 aromatic carbocycles. The van der Waals surface area contributed by atoms with Gasteiger partial charge in [0.2, 0.25) is 5.91 Å². The Bertz CT molecular complexity index is 286. The van der Waals surface area contributed by atoms with Gasteiger partial charge in [-0.15, -0.1) is 0 Å². The predicted octanol–water partition coefficient (Wildman–Crippen LogP) is 0.962. The Hall–Kier alpha value is -1.10. The number of carbonyl (C=O) groups is 2. The van der Waals surface area contributed by atoms with Crippen LogP contribution >= 0.6 is 0 Å². The minimum absolute atomic E-state index is 0.0309. The molecular formula is C13H24N2O3. The topological polar surface area (TPSA) is 81.4 Å². The van der Waals surface area contributed by atoms with E-state index in [4.69, 9.17) is 10.5 Å². The summed E-state index contributed by atoms with van der Waals surface area (Å²) in [6.07, 6.45) is 3.98. The molecule has 18 heavy (non-hydrogen) atoms. The summed E-state index contributed by atoms with van der Waals surface area (Å²) < 4.78 is 4.91. The van der Waals surface area contributed by atoms with Crippen molar-refractivity contribution >= 4 is 11.9 Å². The average molecular weight is 256 g/mol. The van der Waals surface area contributed by atoms with Gasteiger partial charge in [0.05, 0.1) is 13.0 Å². The van der Waals surface area contributed by atoms with Gasteiger partial charge in [0.15, 0.2) is 0 Å². The van der Waals surface area contributed by atoms with Gasteiger partial charge in [-0.1, -0.05) is 0 Å². The number of nitrogens with two attached hydrogens (primary N) is 1. The molecule has 0 spiro atoms. The Balaban J connectivity index is 2.23. The number of hydrogen-bond acceptors (Lipinski definition) is 4. The van der Waals surface area contributed by atoms with Gasteiger partial charge < -0.3 is 15.8 Å². The van der Waals surface area contributed by atoms with Crippen LogP contribution in [0.15, 0.2) is 0 Å². The first kappa shape index (κ1) is 15.0. The molecular weight excluding hydrogens is 232 g/mol. The third-order valence-electron chi connectivity index (χ3n) is 3.43. The van der Waals surface area contributed by atoms with Crippen molar-refractivity contribution in [3.05, 3.63) is 0 Å². The lowest BCUT2D eigenvalue weighted by molar-refractivity contribution is -0.143. The lowest BCUT2D eigenvalue weighted by atomic mass is 9.85. The first-order valence-electron chi connectivity index (χ1n) is 6.74. The standard InChI is InChI=1S/C13H24N2O3/c1-3-18-12(16)8-9(2)15-11-6-4-10(5-7-11)13(14)17/h9-11,15H,3-8H2,1-2H3,(H2,14,17). The van der Waals surface area contributed by atoms with Gasteiger partial charge in [-0.3, -0.25) is 9.59 Å². The van der Waals surface area contributed by atoms with Crippen LogP contribution in [-0.2, 0) is 14.3 Å². The summed E-state index contributed by atoms with van der Waals surface area (Å²) in [5.41, 5.74) is 5.29. The number of nitrogens with one attached hydrogen (secondary N) is 1. The zero-order valence-corrected chi connectivity index (χ0v) is 11.3. The summed E-state index contributed by atoms with van der Waals surface area (Å²) in [4.78, 5) is 22.4. The lowest BCUT2D eigenvalue weighted by Crippen LogP contribution is -2.41. The van der Waals surface area contributed by atoms with Crippen LogP contribution in [-0.4, -0.2) is 30.6 Å². The van der Waals surface area contributed by atoms with Crippen molar-refractivity contribution in [2.24, 2.45) is 11.7 Å². The van der Waals surface area contributed by atoms with E-state index in [1.807, 2.05) is 6.92 Å². The van der Waals surface area contributed by atoms with Gasteiger partial charge in [0, 0.05) is 18.0 Å². The van der Waals surface area contributed by atoms with E-state index in [1.54, 1.807) is 6.92 Å². The minimum Gasteiger partial charge on any atom is -0.466 e. The third-order valence-corrected chi connectivity index (χ3v) is 3.43. The van der Waals surface area contributed by atoms with E-state index in [2.05, 4.69) is 5.32 Å². The molecule has 0 aromatic heterocycles. The van der Waals surface area contributed by atoms with Gasteiger partial charge in [0.1, 0.15) is 0 Å². The minimum atomic E-state index is -0.187. The SMILES string of the molecule is CCOC(=O)CC(C)NC1CCC(C(N)=O)CC1. The highest BCUT2D eigenvalue weighted by Gasteiger charge is 2.25. The van der Waals surface area contributed by atoms with E-state index in [1.165, 1.54) is 0 Å². The van der Waals surface area contributed by atoms with E-state index >= 15 is 0 Å². The molecule has 5 heteroatoms. The highest BCUT2D eigenvalue weighted by Crippen LogP contribution is 2.24. The van der Waals surface area contributed by atoms with Crippen LogP contribution in [0.25, 0.3) is 0 Å². The molecule has 104 valence electrons. The summed E-state index contributed by atoms with van der Waals surface area (Å²) in [7, 11) is 0. The average Bonchev–Trinajstić information content (AvgIpc) is 2.29. The van der Waals surface area contributed by atoms with Gasteiger partial charge >= 0.3 is 5.97 Å². The molecule has 0 bridgehead atoms. The van der Waals surface area contributed by atoms with Crippen LogP contribution in [0.4, 0.5) is 0 Å². The van der Waals surface area contributed by atoms with E-state index in [0.29, 0.717) is 19.1 Å². The molecule has 1 unspecified atom stereocenters. The predicted molar refractivity (Wildman–Crippen MR) is 68.8 cm³/mol. The van der Waals surface area contributed by atoms with Crippen LogP contribution in [0.5, 0.6) is 0 Å². The molecule has 1 amide bonds. The van der Waals surface area contributed by atoms with Crippen LogP contribution in [0.2, 0.25) is 0 Å². The van der Waals surface area contributed by atoms with Gasteiger partial charge in [-0.2, -0.15) is 0 Å². The van der Waals surface area contributed by atoms with Crippen LogP contribution in [0.1, 0.15) is 46.0 Å². The number of amides is 1. The van der Waals surface area contributed by atoms with Gasteiger partial charge in [-0.05, 0) is 39.5 Å². The number of esters is 1. The monoisotopic (exact) mass is 256 g/mol. The van der Waals surface area contributed by atoms with Gasteiger partial charge in [0.25, 0.3) is 0 Å². The molecule has 3 N–H and O–H groups in total. The Labute approximate surface area is 108 Å². The quantitative estimate of drug-likeness (QED) is 0.694. The van der Waals surface area contributed by atoms with Crippen molar-refractivity contribution in [3.63, 3.8) is 0 Å². The number of rotatable bonds is 6. The molecule has 1 atom stereocenters. The lowest BCUT2D eigenvalue weighted by Gasteiger charge is -2.29. The van der Waals surface area contributed by atoms with Crippen molar-refractivity contribution < 1.29 is 14.3 Å². The summed E-state index contributed by atoms with van der Waals surface area (Å²) in [6, 6.07) is 0.490. The summed E-state index contributed by atoms with van der Waals surface area (Å²) in [5, 5.41) is 3.41. The van der Waals surface area contributed by atoms with E-state index in [9.17, 15) is 9.59 Å². The smallest absolute Gasteiger partial charge is 0.307 e. The molecule has 0 aliphatic heterocycles. The maximum atomic E-state index is 11.3. The maximum Gasteiger partial charge on any atom is 0.307 e. The number of carbonyl (C=O) groups excluding carboxylic acids is 2. The van der Waals surface area contributed by atoms with Crippen LogP contribution in [0, 0.1) is 5.92 Å². The molecule has 1 fully saturated rings. The largest absolute Gasteiger partial charge is 0.466 e. The Kier molecular flexibility index (Phi) is 6.12. The zero-order chi connectivity index (χ0) is 13.5. The molecule has 0 heterocycles. The first-order chi connectivity index (χ1) is 8.52. The van der Waals surface area contributed by atoms with Crippen LogP contribution < -0.4 is 11.1 Å². The molecule has 1 aliphatic rings. The second-order valence-corrected chi connectivity index (χ2v) is 5.03. The van der Waals surface area contributed by atoms with Crippen molar-refractivity contribution in [2.75, 3.05) is 6.61 Å². The molecule has 0 aromatic rings. The number of ether oxygens (including phenoxy) is 1. The highest BCUT2D eigenvalue weighted by molar-refractivity contribution is 5.76. The summed E-state index contributed by atoms with van der Waals surface area (Å²) >= 11 is 0. The highest BCUT2D eigenvalue weighted by atomic mass is 16.5. The second kappa shape index (κ2) is 7.36. The Morgan fingerprint density at radius 1 is 1.33 bits per heavy atom. The molecule has 1 saturated carbocycles. The molecule has 1 rings (SSSR count). The fourth-order valence-corrected chi connectivity index (χ4v) is 2.48. The summed E-state index contributed by atoms with van der Waals surface area (Å²) in [5.74, 6) is -0.320. The van der Waals surface area contributed by atoms with E-state index in [-0.39, 0.29) is 23.8 Å². The third kappa shape index (κ3) is 5.04. The van der Waals surface area contributed by atoms with Crippen molar-refractivity contribution in [1.82, 2.24) is 5.32 Å². The fourth-order valence-electron chi connectivity index (χ4n) is 2.48. The van der Waals surface area contributed by atoms with E-state index in [0.717, 1.165) is 25.7 Å². The number of hydrogen-bond donors (Lipinski definition) is 2. The molecule has 0 saturated heterocycles. The number of primary amides is 1. The molecule has 5 nitrogen and oxygen atoms in total. The Morgan fingerprint density at radius 3 is 2.44 bits per heavy atom. The van der Waals surface area contributed by atoms with E-state index < -0.39 is 0 Å². The Morgan fingerprint density at radius 2 is 1.94 bits per heavy atom. The van der Waals surface area contributed by atoms with Crippen LogP contribution in [0.3, 0.4) is 0 Å². The zero-order valence-electron chi connectivity index (χ0n) is 11.3. The summed E-state index contributed by atoms with van der Waals surface area (Å²) in [6.45, 7) is 4.22. The first-order valence-corrected chi connectivity index (χ1v) is 6.74. The normalized spacial score (nSPS) is 25.4. The molecule has 1 aliphatic carbocycles. The fraction of sp³-hybridized carbons (Fsp3) is 0.846. The van der Waals surface area contributed by atoms with Crippen molar-refractivity contribution in [1.29, 1.82) is 0 Å². The second-order valence-electron chi connectivity index (χ2n) is 5.03.